The predicted molar refractivity (Wildman–Crippen MR) is 80.1 cm³/mol. The van der Waals surface area contributed by atoms with Gasteiger partial charge in [0, 0.05) is 22.8 Å². The summed E-state index contributed by atoms with van der Waals surface area (Å²) in [6.45, 7) is 0.742. The first-order chi connectivity index (χ1) is 9.60. The van der Waals surface area contributed by atoms with Gasteiger partial charge in [0.2, 0.25) is 0 Å². The van der Waals surface area contributed by atoms with Gasteiger partial charge < -0.3 is 11.1 Å². The molecule has 1 aromatic carbocycles. The Balaban J connectivity index is 1.99. The summed E-state index contributed by atoms with van der Waals surface area (Å²) in [7, 11) is 0. The molecule has 0 bridgehead atoms. The second-order valence-corrected chi connectivity index (χ2v) is 5.88. The number of rotatable bonds is 5. The number of nitrogens with zero attached hydrogens (tertiary/aromatic N) is 1. The quantitative estimate of drug-likeness (QED) is 0.863. The number of carbonyl (C=O) groups excluding carboxylic acids is 1. The minimum Gasteiger partial charge on any atom is -0.347 e. The van der Waals surface area contributed by atoms with E-state index in [2.05, 4.69) is 26.2 Å². The van der Waals surface area contributed by atoms with Gasteiger partial charge >= 0.3 is 0 Å². The van der Waals surface area contributed by atoms with Crippen LogP contribution >= 0.6 is 27.3 Å². The Labute approximate surface area is 128 Å². The Hall–Kier alpha value is -1.31. The number of carbonyl (C=O) groups is 1. The standard InChI is InChI=1S/C13H13BrFN3OS/c14-10-2-1-9(15)5-8(10)6-17-13(19)11-7-20-12(18-11)3-4-16/h1-2,5,7H,3-4,6,16H2,(H,17,19). The molecule has 7 heteroatoms. The number of nitrogens with one attached hydrogen (secondary N) is 1. The first-order valence-corrected chi connectivity index (χ1v) is 7.64. The van der Waals surface area contributed by atoms with E-state index in [9.17, 15) is 9.18 Å². The van der Waals surface area contributed by atoms with Gasteiger partial charge in [-0.15, -0.1) is 11.3 Å². The Bertz CT molecular complexity index is 617. The van der Waals surface area contributed by atoms with E-state index in [1.54, 1.807) is 11.4 Å². The largest absolute Gasteiger partial charge is 0.347 e. The van der Waals surface area contributed by atoms with Crippen LogP contribution in [0.25, 0.3) is 0 Å². The van der Waals surface area contributed by atoms with Crippen LogP contribution in [0.15, 0.2) is 28.1 Å². The van der Waals surface area contributed by atoms with Gasteiger partial charge in [0.1, 0.15) is 11.5 Å². The average molecular weight is 358 g/mol. The van der Waals surface area contributed by atoms with Gasteiger partial charge in [-0.1, -0.05) is 15.9 Å². The predicted octanol–water partition coefficient (Wildman–Crippen LogP) is 2.48. The monoisotopic (exact) mass is 357 g/mol. The molecular weight excluding hydrogens is 345 g/mol. The SMILES string of the molecule is NCCc1nc(C(=O)NCc2cc(F)ccc2Br)cs1. The Morgan fingerprint density at radius 1 is 1.50 bits per heavy atom. The molecule has 3 N–H and O–H groups in total. The Kier molecular flexibility index (Phi) is 5.22. The zero-order valence-corrected chi connectivity index (χ0v) is 12.9. The molecule has 0 atom stereocenters. The van der Waals surface area contributed by atoms with Crippen LogP contribution in [0.4, 0.5) is 4.39 Å². The molecular formula is C13H13BrFN3OS. The number of halogens is 2. The highest BCUT2D eigenvalue weighted by atomic mass is 79.9. The fraction of sp³-hybridized carbons (Fsp3) is 0.231. The van der Waals surface area contributed by atoms with Crippen molar-refractivity contribution < 1.29 is 9.18 Å². The Morgan fingerprint density at radius 2 is 2.30 bits per heavy atom. The third-order valence-electron chi connectivity index (χ3n) is 2.59. The van der Waals surface area contributed by atoms with Crippen molar-refractivity contribution in [2.45, 2.75) is 13.0 Å². The summed E-state index contributed by atoms with van der Waals surface area (Å²) >= 11 is 4.72. The van der Waals surface area contributed by atoms with E-state index in [0.29, 0.717) is 24.2 Å². The zero-order chi connectivity index (χ0) is 14.5. The third kappa shape index (κ3) is 3.84. The molecule has 1 heterocycles. The van der Waals surface area contributed by atoms with E-state index in [-0.39, 0.29) is 18.3 Å². The normalized spacial score (nSPS) is 10.6. The summed E-state index contributed by atoms with van der Waals surface area (Å²) < 4.78 is 13.9. The van der Waals surface area contributed by atoms with Gasteiger partial charge in [-0.25, -0.2) is 9.37 Å². The molecule has 106 valence electrons. The van der Waals surface area contributed by atoms with Crippen molar-refractivity contribution in [1.82, 2.24) is 10.3 Å². The molecule has 0 unspecified atom stereocenters. The molecule has 1 amide bonds. The highest BCUT2D eigenvalue weighted by molar-refractivity contribution is 9.10. The lowest BCUT2D eigenvalue weighted by atomic mass is 10.2. The molecule has 0 saturated carbocycles. The van der Waals surface area contributed by atoms with Crippen LogP contribution in [0.2, 0.25) is 0 Å². The van der Waals surface area contributed by atoms with Crippen molar-refractivity contribution >= 4 is 33.2 Å². The maximum absolute atomic E-state index is 13.1. The summed E-state index contributed by atoms with van der Waals surface area (Å²) in [4.78, 5) is 16.1. The minimum atomic E-state index is -0.337. The summed E-state index contributed by atoms with van der Waals surface area (Å²) in [6.07, 6.45) is 0.660. The number of nitrogens with two attached hydrogens (primary N) is 1. The van der Waals surface area contributed by atoms with Gasteiger partial charge in [-0.05, 0) is 30.3 Å². The molecule has 0 aliphatic carbocycles. The fourth-order valence-electron chi connectivity index (χ4n) is 1.60. The summed E-state index contributed by atoms with van der Waals surface area (Å²) in [5.74, 6) is -0.614. The average Bonchev–Trinajstić information content (AvgIpc) is 2.88. The van der Waals surface area contributed by atoms with E-state index >= 15 is 0 Å². The van der Waals surface area contributed by atoms with Gasteiger partial charge in [0.25, 0.3) is 5.91 Å². The lowest BCUT2D eigenvalue weighted by molar-refractivity contribution is 0.0946. The van der Waals surface area contributed by atoms with Crippen molar-refractivity contribution in [2.24, 2.45) is 5.73 Å². The lowest BCUT2D eigenvalue weighted by Gasteiger charge is -2.06. The van der Waals surface area contributed by atoms with Crippen molar-refractivity contribution in [3.05, 3.63) is 50.1 Å². The third-order valence-corrected chi connectivity index (χ3v) is 4.27. The van der Waals surface area contributed by atoms with E-state index in [1.807, 2.05) is 0 Å². The Morgan fingerprint density at radius 3 is 3.05 bits per heavy atom. The van der Waals surface area contributed by atoms with Crippen LogP contribution < -0.4 is 11.1 Å². The van der Waals surface area contributed by atoms with Crippen LogP contribution in [0, 0.1) is 5.82 Å². The summed E-state index contributed by atoms with van der Waals surface area (Å²) in [5.41, 5.74) is 6.48. The van der Waals surface area contributed by atoms with Gasteiger partial charge in [0.05, 0.1) is 5.01 Å². The molecule has 0 radical (unpaired) electrons. The summed E-state index contributed by atoms with van der Waals surface area (Å²) in [6, 6.07) is 4.35. The number of aromatic nitrogens is 1. The maximum atomic E-state index is 13.1. The molecule has 0 spiro atoms. The van der Waals surface area contributed by atoms with Gasteiger partial charge in [-0.2, -0.15) is 0 Å². The van der Waals surface area contributed by atoms with Crippen LogP contribution in [0.3, 0.4) is 0 Å². The van der Waals surface area contributed by atoms with Crippen molar-refractivity contribution in [3.63, 3.8) is 0 Å². The number of benzene rings is 1. The number of hydrogen-bond donors (Lipinski definition) is 2. The van der Waals surface area contributed by atoms with Crippen molar-refractivity contribution in [2.75, 3.05) is 6.54 Å². The smallest absolute Gasteiger partial charge is 0.271 e. The van der Waals surface area contributed by atoms with Crippen molar-refractivity contribution in [1.29, 1.82) is 0 Å². The first-order valence-electron chi connectivity index (χ1n) is 5.96. The molecule has 4 nitrogen and oxygen atoms in total. The number of thiazole rings is 1. The highest BCUT2D eigenvalue weighted by Gasteiger charge is 2.11. The first kappa shape index (κ1) is 15.1. The maximum Gasteiger partial charge on any atom is 0.271 e. The van der Waals surface area contributed by atoms with Crippen LogP contribution in [-0.2, 0) is 13.0 Å². The van der Waals surface area contributed by atoms with Crippen LogP contribution in [-0.4, -0.2) is 17.4 Å². The highest BCUT2D eigenvalue weighted by Crippen LogP contribution is 2.18. The molecule has 2 rings (SSSR count). The second kappa shape index (κ2) is 6.92. The van der Waals surface area contributed by atoms with E-state index in [1.165, 1.54) is 23.5 Å². The second-order valence-electron chi connectivity index (χ2n) is 4.08. The fourth-order valence-corrected chi connectivity index (χ4v) is 2.78. The molecule has 2 aromatic rings. The van der Waals surface area contributed by atoms with E-state index < -0.39 is 0 Å². The molecule has 0 aliphatic heterocycles. The summed E-state index contributed by atoms with van der Waals surface area (Å²) in [5, 5.41) is 5.25. The van der Waals surface area contributed by atoms with Gasteiger partial charge in [-0.3, -0.25) is 4.79 Å². The molecule has 0 aliphatic rings. The zero-order valence-electron chi connectivity index (χ0n) is 10.5. The van der Waals surface area contributed by atoms with E-state index in [4.69, 9.17) is 5.73 Å². The number of hydrogen-bond acceptors (Lipinski definition) is 4. The van der Waals surface area contributed by atoms with Crippen LogP contribution in [0.5, 0.6) is 0 Å². The minimum absolute atomic E-state index is 0.237. The molecule has 20 heavy (non-hydrogen) atoms. The molecule has 0 saturated heterocycles. The van der Waals surface area contributed by atoms with Crippen molar-refractivity contribution in [3.8, 4) is 0 Å². The van der Waals surface area contributed by atoms with Gasteiger partial charge in [0.15, 0.2) is 0 Å². The van der Waals surface area contributed by atoms with Crippen LogP contribution in [0.1, 0.15) is 21.1 Å². The molecule has 1 aromatic heterocycles. The molecule has 0 fully saturated rings. The van der Waals surface area contributed by atoms with E-state index in [0.717, 1.165) is 9.48 Å². The number of amides is 1. The topological polar surface area (TPSA) is 68.0 Å². The lowest BCUT2D eigenvalue weighted by Crippen LogP contribution is -2.23.